The average Bonchev–Trinajstić information content (AvgIpc) is 2.81. The van der Waals surface area contributed by atoms with Gasteiger partial charge in [-0.05, 0) is 54.0 Å². The van der Waals surface area contributed by atoms with E-state index in [0.29, 0.717) is 17.6 Å². The molecule has 1 aliphatic rings. The molecular formula is C12H16BrFN2O2S. The molecule has 1 unspecified atom stereocenters. The van der Waals surface area contributed by atoms with Crippen molar-refractivity contribution in [3.63, 3.8) is 0 Å². The van der Waals surface area contributed by atoms with Gasteiger partial charge < -0.3 is 5.32 Å². The van der Waals surface area contributed by atoms with Crippen molar-refractivity contribution < 1.29 is 12.8 Å². The molecule has 19 heavy (non-hydrogen) atoms. The predicted molar refractivity (Wildman–Crippen MR) is 74.9 cm³/mol. The van der Waals surface area contributed by atoms with Gasteiger partial charge in [-0.15, -0.1) is 0 Å². The molecule has 1 aromatic carbocycles. The molecule has 1 heterocycles. The largest absolute Gasteiger partial charge is 0.318 e. The van der Waals surface area contributed by atoms with Crippen LogP contribution < -0.4 is 5.32 Å². The first kappa shape index (κ1) is 14.9. The molecule has 4 nitrogen and oxygen atoms in total. The van der Waals surface area contributed by atoms with E-state index in [1.165, 1.54) is 16.4 Å². The Morgan fingerprint density at radius 2 is 2.26 bits per heavy atom. The van der Waals surface area contributed by atoms with Gasteiger partial charge in [0.2, 0.25) is 10.0 Å². The Morgan fingerprint density at radius 3 is 2.95 bits per heavy atom. The normalized spacial score (nSPS) is 20.9. The van der Waals surface area contributed by atoms with Gasteiger partial charge in [0, 0.05) is 23.6 Å². The van der Waals surface area contributed by atoms with Crippen LogP contribution in [0.15, 0.2) is 27.6 Å². The Balaban J connectivity index is 2.39. The van der Waals surface area contributed by atoms with Crippen molar-refractivity contribution in [2.75, 3.05) is 20.1 Å². The van der Waals surface area contributed by atoms with Gasteiger partial charge in [-0.2, -0.15) is 4.31 Å². The lowest BCUT2D eigenvalue weighted by Gasteiger charge is -2.24. The summed E-state index contributed by atoms with van der Waals surface area (Å²) in [6.07, 6.45) is 1.66. The minimum absolute atomic E-state index is 0.00416. The molecule has 0 saturated carbocycles. The second-order valence-electron chi connectivity index (χ2n) is 4.54. The molecule has 0 aromatic heterocycles. The highest BCUT2D eigenvalue weighted by atomic mass is 79.9. The van der Waals surface area contributed by atoms with E-state index in [9.17, 15) is 12.8 Å². The number of hydrogen-bond donors (Lipinski definition) is 1. The van der Waals surface area contributed by atoms with E-state index in [2.05, 4.69) is 21.2 Å². The number of rotatable bonds is 4. The smallest absolute Gasteiger partial charge is 0.244 e. The summed E-state index contributed by atoms with van der Waals surface area (Å²) in [5, 5.41) is 3.00. The van der Waals surface area contributed by atoms with E-state index in [1.54, 1.807) is 7.05 Å². The van der Waals surface area contributed by atoms with E-state index in [-0.39, 0.29) is 10.9 Å². The zero-order chi connectivity index (χ0) is 14.0. The summed E-state index contributed by atoms with van der Waals surface area (Å²) in [4.78, 5) is -0.00416. The standard InChI is InChI=1S/C12H16BrFN2O2S/c1-15-8-10-3-2-6-16(10)19(17,18)12-7-9(14)4-5-11(12)13/h4-5,7,10,15H,2-3,6,8H2,1H3. The molecule has 0 bridgehead atoms. The number of benzene rings is 1. The molecule has 7 heteroatoms. The minimum atomic E-state index is -3.66. The third kappa shape index (κ3) is 2.99. The second-order valence-corrected chi connectivity index (χ2v) is 7.26. The lowest BCUT2D eigenvalue weighted by atomic mass is 10.2. The van der Waals surface area contributed by atoms with E-state index in [0.717, 1.165) is 18.9 Å². The van der Waals surface area contributed by atoms with Gasteiger partial charge in [-0.1, -0.05) is 0 Å². The quantitative estimate of drug-likeness (QED) is 0.902. The Morgan fingerprint density at radius 1 is 1.53 bits per heavy atom. The van der Waals surface area contributed by atoms with E-state index in [1.807, 2.05) is 0 Å². The van der Waals surface area contributed by atoms with Crippen LogP contribution in [0.3, 0.4) is 0 Å². The molecule has 1 aromatic rings. The van der Waals surface area contributed by atoms with Crippen molar-refractivity contribution in [3.8, 4) is 0 Å². The zero-order valence-electron chi connectivity index (χ0n) is 10.6. The van der Waals surface area contributed by atoms with Gasteiger partial charge in [0.25, 0.3) is 0 Å². The fraction of sp³-hybridized carbons (Fsp3) is 0.500. The van der Waals surface area contributed by atoms with Gasteiger partial charge in [0.1, 0.15) is 5.82 Å². The highest BCUT2D eigenvalue weighted by molar-refractivity contribution is 9.10. The zero-order valence-corrected chi connectivity index (χ0v) is 13.0. The van der Waals surface area contributed by atoms with Crippen LogP contribution in [0.25, 0.3) is 0 Å². The molecular weight excluding hydrogens is 335 g/mol. The number of nitrogens with one attached hydrogen (secondary N) is 1. The van der Waals surface area contributed by atoms with Crippen LogP contribution in [0.5, 0.6) is 0 Å². The van der Waals surface area contributed by atoms with Crippen molar-refractivity contribution in [1.82, 2.24) is 9.62 Å². The predicted octanol–water partition coefficient (Wildman–Crippen LogP) is 1.96. The topological polar surface area (TPSA) is 49.4 Å². The van der Waals surface area contributed by atoms with Crippen LogP contribution in [-0.2, 0) is 10.0 Å². The molecule has 1 aliphatic heterocycles. The first-order chi connectivity index (χ1) is 8.96. The molecule has 1 saturated heterocycles. The summed E-state index contributed by atoms with van der Waals surface area (Å²) in [6, 6.07) is 3.66. The number of likely N-dealkylation sites (N-methyl/N-ethyl adjacent to an activating group) is 1. The third-order valence-electron chi connectivity index (χ3n) is 3.24. The number of halogens is 2. The van der Waals surface area contributed by atoms with Gasteiger partial charge in [-0.3, -0.25) is 0 Å². The third-order valence-corrected chi connectivity index (χ3v) is 6.19. The van der Waals surface area contributed by atoms with Gasteiger partial charge in [0.15, 0.2) is 0 Å². The number of sulfonamides is 1. The Labute approximate surface area is 121 Å². The fourth-order valence-corrected chi connectivity index (χ4v) is 5.00. The van der Waals surface area contributed by atoms with Crippen LogP contribution >= 0.6 is 15.9 Å². The first-order valence-corrected chi connectivity index (χ1v) is 8.31. The number of hydrogen-bond acceptors (Lipinski definition) is 3. The Hall–Kier alpha value is -0.500. The van der Waals surface area contributed by atoms with Gasteiger partial charge in [-0.25, -0.2) is 12.8 Å². The maximum atomic E-state index is 13.3. The second kappa shape index (κ2) is 5.87. The van der Waals surface area contributed by atoms with Crippen LogP contribution in [0.2, 0.25) is 0 Å². The molecule has 1 N–H and O–H groups in total. The summed E-state index contributed by atoms with van der Waals surface area (Å²) in [6.45, 7) is 1.09. The molecule has 106 valence electrons. The Bertz CT molecular complexity index is 565. The van der Waals surface area contributed by atoms with Crippen molar-refractivity contribution >= 4 is 26.0 Å². The monoisotopic (exact) mass is 350 g/mol. The molecule has 1 fully saturated rings. The minimum Gasteiger partial charge on any atom is -0.318 e. The SMILES string of the molecule is CNCC1CCCN1S(=O)(=O)c1cc(F)ccc1Br. The summed E-state index contributed by atoms with van der Waals surface area (Å²) in [5.74, 6) is -0.550. The molecule has 0 aliphatic carbocycles. The van der Waals surface area contributed by atoms with E-state index in [4.69, 9.17) is 0 Å². The highest BCUT2D eigenvalue weighted by Gasteiger charge is 2.35. The molecule has 2 rings (SSSR count). The molecule has 0 spiro atoms. The maximum absolute atomic E-state index is 13.3. The van der Waals surface area contributed by atoms with Gasteiger partial charge in [0.05, 0.1) is 4.90 Å². The summed E-state index contributed by atoms with van der Waals surface area (Å²) >= 11 is 3.18. The van der Waals surface area contributed by atoms with Crippen molar-refractivity contribution in [1.29, 1.82) is 0 Å². The number of nitrogens with zero attached hydrogens (tertiary/aromatic N) is 1. The summed E-state index contributed by atoms with van der Waals surface area (Å²) in [5.41, 5.74) is 0. The van der Waals surface area contributed by atoms with Crippen LogP contribution in [-0.4, -0.2) is 38.9 Å². The average molecular weight is 351 g/mol. The highest BCUT2D eigenvalue weighted by Crippen LogP contribution is 2.30. The van der Waals surface area contributed by atoms with Gasteiger partial charge >= 0.3 is 0 Å². The van der Waals surface area contributed by atoms with Crippen LogP contribution in [0, 0.1) is 5.82 Å². The van der Waals surface area contributed by atoms with Crippen molar-refractivity contribution in [3.05, 3.63) is 28.5 Å². The summed E-state index contributed by atoms with van der Waals surface area (Å²) in [7, 11) is -1.86. The van der Waals surface area contributed by atoms with Crippen molar-refractivity contribution in [2.24, 2.45) is 0 Å². The van der Waals surface area contributed by atoms with E-state index < -0.39 is 15.8 Å². The maximum Gasteiger partial charge on any atom is 0.244 e. The molecule has 0 amide bonds. The fourth-order valence-electron chi connectivity index (χ4n) is 2.37. The van der Waals surface area contributed by atoms with E-state index >= 15 is 0 Å². The summed E-state index contributed by atoms with van der Waals surface area (Å²) < 4.78 is 40.3. The first-order valence-electron chi connectivity index (χ1n) is 6.08. The van der Waals surface area contributed by atoms with Crippen LogP contribution in [0.4, 0.5) is 4.39 Å². The molecule has 0 radical (unpaired) electrons. The lowest BCUT2D eigenvalue weighted by Crippen LogP contribution is -2.40. The van der Waals surface area contributed by atoms with Crippen LogP contribution in [0.1, 0.15) is 12.8 Å². The molecule has 1 atom stereocenters. The van der Waals surface area contributed by atoms with Crippen molar-refractivity contribution in [2.45, 2.75) is 23.8 Å². The lowest BCUT2D eigenvalue weighted by molar-refractivity contribution is 0.378. The Kier molecular flexibility index (Phi) is 4.60.